The highest BCUT2D eigenvalue weighted by atomic mass is 32.2. The smallest absolute Gasteiger partial charge is 0.217 e. The first-order valence-electron chi connectivity index (χ1n) is 5.66. The summed E-state index contributed by atoms with van der Waals surface area (Å²) in [6.45, 7) is 0.483. The first-order valence-corrected chi connectivity index (χ1v) is 6.82. The molecule has 2 rings (SSSR count). The van der Waals surface area contributed by atoms with Gasteiger partial charge in [-0.25, -0.2) is 4.98 Å². The standard InChI is InChI=1S/C12H18N2OS/c1-15-12-10(8-13)2-3-11(14-12)9-4-6-16-7-5-9/h2-3,9H,4-8,13H2,1H3. The topological polar surface area (TPSA) is 48.1 Å². The van der Waals surface area contributed by atoms with Crippen molar-refractivity contribution in [2.75, 3.05) is 18.6 Å². The lowest BCUT2D eigenvalue weighted by Gasteiger charge is -2.21. The zero-order valence-corrected chi connectivity index (χ0v) is 10.4. The average molecular weight is 238 g/mol. The Morgan fingerprint density at radius 1 is 1.44 bits per heavy atom. The van der Waals surface area contributed by atoms with Crippen molar-refractivity contribution in [1.82, 2.24) is 4.98 Å². The third kappa shape index (κ3) is 2.50. The van der Waals surface area contributed by atoms with E-state index in [0.717, 1.165) is 11.3 Å². The molecule has 0 bridgehead atoms. The van der Waals surface area contributed by atoms with Crippen LogP contribution in [0.15, 0.2) is 12.1 Å². The van der Waals surface area contributed by atoms with Gasteiger partial charge in [0, 0.05) is 23.7 Å². The van der Waals surface area contributed by atoms with E-state index in [1.807, 2.05) is 17.8 Å². The maximum atomic E-state index is 5.63. The second kappa shape index (κ2) is 5.55. The molecule has 1 fully saturated rings. The van der Waals surface area contributed by atoms with Gasteiger partial charge < -0.3 is 10.5 Å². The third-order valence-corrected chi connectivity index (χ3v) is 4.06. The fourth-order valence-electron chi connectivity index (χ4n) is 2.04. The molecule has 1 aromatic heterocycles. The van der Waals surface area contributed by atoms with E-state index in [4.69, 9.17) is 10.5 Å². The molecule has 0 saturated carbocycles. The van der Waals surface area contributed by atoms with Gasteiger partial charge in [0.15, 0.2) is 0 Å². The Morgan fingerprint density at radius 3 is 2.81 bits per heavy atom. The Balaban J connectivity index is 2.20. The van der Waals surface area contributed by atoms with Crippen molar-refractivity contribution in [1.29, 1.82) is 0 Å². The van der Waals surface area contributed by atoms with E-state index >= 15 is 0 Å². The highest BCUT2D eigenvalue weighted by Gasteiger charge is 2.18. The highest BCUT2D eigenvalue weighted by Crippen LogP contribution is 2.31. The van der Waals surface area contributed by atoms with E-state index < -0.39 is 0 Å². The van der Waals surface area contributed by atoms with Crippen molar-refractivity contribution >= 4 is 11.8 Å². The summed E-state index contributed by atoms with van der Waals surface area (Å²) in [5.41, 5.74) is 7.78. The molecule has 1 aliphatic rings. The maximum Gasteiger partial charge on any atom is 0.217 e. The molecular weight excluding hydrogens is 220 g/mol. The van der Waals surface area contributed by atoms with Crippen molar-refractivity contribution in [3.63, 3.8) is 0 Å². The van der Waals surface area contributed by atoms with E-state index in [1.54, 1.807) is 7.11 Å². The molecule has 2 heterocycles. The predicted octanol–water partition coefficient (Wildman–Crippen LogP) is 2.16. The minimum absolute atomic E-state index is 0.483. The number of ether oxygens (including phenoxy) is 1. The molecule has 1 saturated heterocycles. The molecule has 0 spiro atoms. The van der Waals surface area contributed by atoms with Crippen molar-refractivity contribution in [3.8, 4) is 5.88 Å². The number of hydrogen-bond donors (Lipinski definition) is 1. The van der Waals surface area contributed by atoms with Crippen LogP contribution in [0, 0.1) is 0 Å². The summed E-state index contributed by atoms with van der Waals surface area (Å²) in [4.78, 5) is 4.57. The molecule has 0 unspecified atom stereocenters. The summed E-state index contributed by atoms with van der Waals surface area (Å²) in [6.07, 6.45) is 2.45. The molecule has 3 nitrogen and oxygen atoms in total. The molecule has 1 aromatic rings. The van der Waals surface area contributed by atoms with Gasteiger partial charge in [0.2, 0.25) is 5.88 Å². The van der Waals surface area contributed by atoms with Gasteiger partial charge in [-0.05, 0) is 30.4 Å². The SMILES string of the molecule is COc1nc(C2CCSCC2)ccc1CN. The van der Waals surface area contributed by atoms with E-state index in [9.17, 15) is 0 Å². The van der Waals surface area contributed by atoms with Crippen molar-refractivity contribution < 1.29 is 4.74 Å². The zero-order valence-electron chi connectivity index (χ0n) is 9.61. The van der Waals surface area contributed by atoms with Crippen LogP contribution < -0.4 is 10.5 Å². The predicted molar refractivity (Wildman–Crippen MR) is 68.0 cm³/mol. The number of thioether (sulfide) groups is 1. The lowest BCUT2D eigenvalue weighted by Crippen LogP contribution is -2.11. The Kier molecular flexibility index (Phi) is 4.07. The van der Waals surface area contributed by atoms with Gasteiger partial charge in [0.05, 0.1) is 7.11 Å². The molecule has 0 amide bonds. The van der Waals surface area contributed by atoms with E-state index in [1.165, 1.54) is 24.3 Å². The second-order valence-corrected chi connectivity index (χ2v) is 5.22. The van der Waals surface area contributed by atoms with Crippen molar-refractivity contribution in [2.45, 2.75) is 25.3 Å². The summed E-state index contributed by atoms with van der Waals surface area (Å²) in [6, 6.07) is 4.15. The van der Waals surface area contributed by atoms with E-state index in [-0.39, 0.29) is 0 Å². The van der Waals surface area contributed by atoms with Gasteiger partial charge in [-0.1, -0.05) is 6.07 Å². The van der Waals surface area contributed by atoms with Gasteiger partial charge in [-0.15, -0.1) is 0 Å². The highest BCUT2D eigenvalue weighted by molar-refractivity contribution is 7.99. The fourth-order valence-corrected chi connectivity index (χ4v) is 3.14. The zero-order chi connectivity index (χ0) is 11.4. The Hall–Kier alpha value is -0.740. The summed E-state index contributed by atoms with van der Waals surface area (Å²) in [5, 5.41) is 0. The molecule has 0 aromatic carbocycles. The summed E-state index contributed by atoms with van der Waals surface area (Å²) >= 11 is 2.03. The normalized spacial score (nSPS) is 17.4. The first-order chi connectivity index (χ1) is 7.85. The number of rotatable bonds is 3. The Labute approximate surface area is 101 Å². The molecular formula is C12H18N2OS. The van der Waals surface area contributed by atoms with Gasteiger partial charge in [-0.2, -0.15) is 11.8 Å². The van der Waals surface area contributed by atoms with Crippen LogP contribution in [-0.4, -0.2) is 23.6 Å². The first kappa shape index (κ1) is 11.7. The molecule has 16 heavy (non-hydrogen) atoms. The summed E-state index contributed by atoms with van der Waals surface area (Å²) < 4.78 is 5.27. The molecule has 0 radical (unpaired) electrons. The van der Waals surface area contributed by atoms with Crippen LogP contribution in [0.3, 0.4) is 0 Å². The summed E-state index contributed by atoms with van der Waals surface area (Å²) in [5.74, 6) is 3.78. The minimum Gasteiger partial charge on any atom is -0.481 e. The molecule has 0 aliphatic carbocycles. The number of hydrogen-bond acceptors (Lipinski definition) is 4. The lowest BCUT2D eigenvalue weighted by molar-refractivity contribution is 0.389. The van der Waals surface area contributed by atoms with Gasteiger partial charge in [0.1, 0.15) is 0 Å². The van der Waals surface area contributed by atoms with Crippen LogP contribution in [-0.2, 0) is 6.54 Å². The lowest BCUT2D eigenvalue weighted by atomic mass is 9.98. The molecule has 88 valence electrons. The van der Waals surface area contributed by atoms with Crippen LogP contribution in [0.5, 0.6) is 5.88 Å². The van der Waals surface area contributed by atoms with Crippen LogP contribution in [0.1, 0.15) is 30.0 Å². The third-order valence-electron chi connectivity index (χ3n) is 3.01. The maximum absolute atomic E-state index is 5.63. The number of pyridine rings is 1. The summed E-state index contributed by atoms with van der Waals surface area (Å²) in [7, 11) is 1.65. The number of aromatic nitrogens is 1. The monoisotopic (exact) mass is 238 g/mol. The van der Waals surface area contributed by atoms with E-state index in [2.05, 4.69) is 11.1 Å². The molecule has 0 atom stereocenters. The average Bonchev–Trinajstić information content (AvgIpc) is 2.39. The van der Waals surface area contributed by atoms with Gasteiger partial charge in [0.25, 0.3) is 0 Å². The Morgan fingerprint density at radius 2 is 2.19 bits per heavy atom. The number of nitrogens with two attached hydrogens (primary N) is 1. The number of nitrogens with zero attached hydrogens (tertiary/aromatic N) is 1. The van der Waals surface area contributed by atoms with Crippen LogP contribution >= 0.6 is 11.8 Å². The van der Waals surface area contributed by atoms with Crippen molar-refractivity contribution in [3.05, 3.63) is 23.4 Å². The molecule has 2 N–H and O–H groups in total. The molecule has 4 heteroatoms. The van der Waals surface area contributed by atoms with E-state index in [0.29, 0.717) is 18.3 Å². The van der Waals surface area contributed by atoms with Crippen LogP contribution in [0.4, 0.5) is 0 Å². The van der Waals surface area contributed by atoms with Crippen molar-refractivity contribution in [2.24, 2.45) is 5.73 Å². The Bertz CT molecular complexity index is 351. The fraction of sp³-hybridized carbons (Fsp3) is 0.583. The second-order valence-electron chi connectivity index (χ2n) is 4.00. The number of methoxy groups -OCH3 is 1. The van der Waals surface area contributed by atoms with Crippen LogP contribution in [0.2, 0.25) is 0 Å². The molecule has 1 aliphatic heterocycles. The minimum atomic E-state index is 0.483. The van der Waals surface area contributed by atoms with Gasteiger partial charge >= 0.3 is 0 Å². The van der Waals surface area contributed by atoms with Crippen LogP contribution in [0.25, 0.3) is 0 Å². The quantitative estimate of drug-likeness (QED) is 0.876. The largest absolute Gasteiger partial charge is 0.481 e. The van der Waals surface area contributed by atoms with Gasteiger partial charge in [-0.3, -0.25) is 0 Å².